The Kier molecular flexibility index (Phi) is 6.37. The van der Waals surface area contributed by atoms with Gasteiger partial charge in [-0.25, -0.2) is 0 Å². The van der Waals surface area contributed by atoms with E-state index in [0.29, 0.717) is 30.6 Å². The van der Waals surface area contributed by atoms with E-state index in [1.165, 1.54) is 0 Å². The van der Waals surface area contributed by atoms with Crippen molar-refractivity contribution in [2.45, 2.75) is 19.8 Å². The highest BCUT2D eigenvalue weighted by atomic mass is 16.5. The molecule has 0 saturated carbocycles. The number of anilines is 1. The third-order valence-corrected chi connectivity index (χ3v) is 3.52. The van der Waals surface area contributed by atoms with Crippen molar-refractivity contribution in [3.05, 3.63) is 59.7 Å². The van der Waals surface area contributed by atoms with E-state index in [1.54, 1.807) is 31.4 Å². The summed E-state index contributed by atoms with van der Waals surface area (Å²) in [5.41, 5.74) is 2.19. The highest BCUT2D eigenvalue weighted by Gasteiger charge is 2.07. The minimum absolute atomic E-state index is 0.0918. The van der Waals surface area contributed by atoms with Gasteiger partial charge in [-0.3, -0.25) is 9.59 Å². The van der Waals surface area contributed by atoms with Crippen LogP contribution in [0.3, 0.4) is 0 Å². The molecule has 0 aliphatic carbocycles. The number of carbonyl (C=O) groups is 2. The summed E-state index contributed by atoms with van der Waals surface area (Å²) in [4.78, 5) is 23.9. The van der Waals surface area contributed by atoms with E-state index in [-0.39, 0.29) is 11.8 Å². The lowest BCUT2D eigenvalue weighted by Crippen LogP contribution is -2.22. The molecule has 5 nitrogen and oxygen atoms in total. The average molecular weight is 326 g/mol. The first kappa shape index (κ1) is 17.5. The van der Waals surface area contributed by atoms with Gasteiger partial charge in [-0.1, -0.05) is 18.2 Å². The Morgan fingerprint density at radius 3 is 2.62 bits per heavy atom. The van der Waals surface area contributed by atoms with Crippen LogP contribution in [0.2, 0.25) is 0 Å². The van der Waals surface area contributed by atoms with Crippen LogP contribution in [0.5, 0.6) is 5.75 Å². The van der Waals surface area contributed by atoms with Gasteiger partial charge in [-0.2, -0.15) is 0 Å². The Hall–Kier alpha value is -2.82. The van der Waals surface area contributed by atoms with Gasteiger partial charge in [0, 0.05) is 24.2 Å². The van der Waals surface area contributed by atoms with Gasteiger partial charge in [0.25, 0.3) is 5.91 Å². The molecule has 0 aliphatic heterocycles. The molecule has 0 aromatic heterocycles. The quantitative estimate of drug-likeness (QED) is 0.822. The fraction of sp³-hybridized carbons (Fsp3) is 0.263. The summed E-state index contributed by atoms with van der Waals surface area (Å²) in [6.45, 7) is 2.43. The number of amides is 2. The first-order chi connectivity index (χ1) is 11.6. The molecule has 0 aliphatic rings. The molecule has 0 fully saturated rings. The maximum atomic E-state index is 12.1. The molecular weight excluding hydrogens is 304 g/mol. The minimum Gasteiger partial charge on any atom is -0.497 e. The fourth-order valence-corrected chi connectivity index (χ4v) is 2.31. The summed E-state index contributed by atoms with van der Waals surface area (Å²) in [7, 11) is 1.62. The molecule has 0 bridgehead atoms. The molecule has 0 unspecified atom stereocenters. The number of benzene rings is 2. The molecule has 0 radical (unpaired) electrons. The number of ether oxygens (including phenoxy) is 1. The van der Waals surface area contributed by atoms with E-state index in [1.807, 2.05) is 31.2 Å². The van der Waals surface area contributed by atoms with Gasteiger partial charge in [0.2, 0.25) is 5.91 Å². The van der Waals surface area contributed by atoms with Crippen molar-refractivity contribution in [1.29, 1.82) is 0 Å². The molecule has 0 atom stereocenters. The molecule has 2 aromatic rings. The van der Waals surface area contributed by atoms with Crippen molar-refractivity contribution in [3.63, 3.8) is 0 Å². The molecule has 0 spiro atoms. The molecule has 126 valence electrons. The lowest BCUT2D eigenvalue weighted by molar-refractivity contribution is -0.116. The Labute approximate surface area is 142 Å². The lowest BCUT2D eigenvalue weighted by atomic mass is 10.1. The third-order valence-electron chi connectivity index (χ3n) is 3.52. The number of rotatable bonds is 7. The molecule has 5 heteroatoms. The number of aryl methyl sites for hydroxylation is 1. The Bertz CT molecular complexity index is 713. The molecule has 0 heterocycles. The first-order valence-corrected chi connectivity index (χ1v) is 7.93. The summed E-state index contributed by atoms with van der Waals surface area (Å²) >= 11 is 0. The van der Waals surface area contributed by atoms with Crippen molar-refractivity contribution in [1.82, 2.24) is 5.32 Å². The highest BCUT2D eigenvalue weighted by Crippen LogP contribution is 2.15. The van der Waals surface area contributed by atoms with Gasteiger partial charge >= 0.3 is 0 Å². The number of carbonyl (C=O) groups excluding carboxylic acids is 2. The SMILES string of the molecule is CCNC(=O)c1cccc(NC(=O)CCc2cccc(OC)c2)c1. The van der Waals surface area contributed by atoms with Gasteiger partial charge in [-0.15, -0.1) is 0 Å². The number of hydrogen-bond acceptors (Lipinski definition) is 3. The number of nitrogens with one attached hydrogen (secondary N) is 2. The second kappa shape index (κ2) is 8.72. The summed E-state index contributed by atoms with van der Waals surface area (Å²) in [5, 5.41) is 5.56. The fourth-order valence-electron chi connectivity index (χ4n) is 2.31. The van der Waals surface area contributed by atoms with Gasteiger partial charge in [0.1, 0.15) is 5.75 Å². The van der Waals surface area contributed by atoms with E-state index >= 15 is 0 Å². The molecule has 2 rings (SSSR count). The smallest absolute Gasteiger partial charge is 0.251 e. The zero-order chi connectivity index (χ0) is 17.4. The van der Waals surface area contributed by atoms with Crippen LogP contribution < -0.4 is 15.4 Å². The van der Waals surface area contributed by atoms with Crippen molar-refractivity contribution in [2.24, 2.45) is 0 Å². The summed E-state index contributed by atoms with van der Waals surface area (Å²) in [5.74, 6) is 0.540. The van der Waals surface area contributed by atoms with Crippen molar-refractivity contribution in [2.75, 3.05) is 19.0 Å². The second-order valence-corrected chi connectivity index (χ2v) is 5.34. The van der Waals surface area contributed by atoms with Gasteiger partial charge in [0.15, 0.2) is 0 Å². The minimum atomic E-state index is -0.148. The Morgan fingerprint density at radius 2 is 1.88 bits per heavy atom. The van der Waals surface area contributed by atoms with Crippen LogP contribution in [-0.4, -0.2) is 25.5 Å². The van der Waals surface area contributed by atoms with Crippen molar-refractivity contribution in [3.8, 4) is 5.75 Å². The molecule has 2 amide bonds. The standard InChI is InChI=1S/C19H22N2O3/c1-3-20-19(23)15-7-5-8-16(13-15)21-18(22)11-10-14-6-4-9-17(12-14)24-2/h4-9,12-13H,3,10-11H2,1-2H3,(H,20,23)(H,21,22). The highest BCUT2D eigenvalue weighted by molar-refractivity contribution is 5.97. The topological polar surface area (TPSA) is 67.4 Å². The predicted octanol–water partition coefficient (Wildman–Crippen LogP) is 3.02. The van der Waals surface area contributed by atoms with E-state index < -0.39 is 0 Å². The van der Waals surface area contributed by atoms with E-state index in [9.17, 15) is 9.59 Å². The van der Waals surface area contributed by atoms with E-state index in [4.69, 9.17) is 4.74 Å². The zero-order valence-electron chi connectivity index (χ0n) is 14.0. The maximum absolute atomic E-state index is 12.1. The van der Waals surface area contributed by atoms with Gasteiger partial charge in [0.05, 0.1) is 7.11 Å². The first-order valence-electron chi connectivity index (χ1n) is 7.93. The summed E-state index contributed by atoms with van der Waals surface area (Å²) in [6, 6.07) is 14.6. The molecule has 24 heavy (non-hydrogen) atoms. The van der Waals surface area contributed by atoms with Gasteiger partial charge < -0.3 is 15.4 Å². The largest absolute Gasteiger partial charge is 0.497 e. The zero-order valence-corrected chi connectivity index (χ0v) is 14.0. The second-order valence-electron chi connectivity index (χ2n) is 5.34. The van der Waals surface area contributed by atoms with Crippen molar-refractivity contribution >= 4 is 17.5 Å². The van der Waals surface area contributed by atoms with Crippen LogP contribution in [0.1, 0.15) is 29.3 Å². The van der Waals surface area contributed by atoms with Crippen LogP contribution >= 0.6 is 0 Å². The van der Waals surface area contributed by atoms with Crippen LogP contribution in [0, 0.1) is 0 Å². The monoisotopic (exact) mass is 326 g/mol. The van der Waals surface area contributed by atoms with Gasteiger partial charge in [-0.05, 0) is 49.2 Å². The predicted molar refractivity (Wildman–Crippen MR) is 94.4 cm³/mol. The van der Waals surface area contributed by atoms with Crippen LogP contribution in [-0.2, 0) is 11.2 Å². The lowest BCUT2D eigenvalue weighted by Gasteiger charge is -2.08. The number of methoxy groups -OCH3 is 1. The van der Waals surface area contributed by atoms with E-state index in [2.05, 4.69) is 10.6 Å². The third kappa shape index (κ3) is 5.12. The molecule has 2 N–H and O–H groups in total. The molecule has 2 aromatic carbocycles. The van der Waals surface area contributed by atoms with Crippen LogP contribution in [0.15, 0.2) is 48.5 Å². The van der Waals surface area contributed by atoms with Crippen LogP contribution in [0.25, 0.3) is 0 Å². The Morgan fingerprint density at radius 1 is 1.08 bits per heavy atom. The Balaban J connectivity index is 1.92. The van der Waals surface area contributed by atoms with E-state index in [0.717, 1.165) is 11.3 Å². The van der Waals surface area contributed by atoms with Crippen LogP contribution in [0.4, 0.5) is 5.69 Å². The van der Waals surface area contributed by atoms with Crippen molar-refractivity contribution < 1.29 is 14.3 Å². The normalized spacial score (nSPS) is 10.1. The maximum Gasteiger partial charge on any atom is 0.251 e. The summed E-state index contributed by atoms with van der Waals surface area (Å²) in [6.07, 6.45) is 0.984. The summed E-state index contributed by atoms with van der Waals surface area (Å²) < 4.78 is 5.17. The molecule has 0 saturated heterocycles. The molecular formula is C19H22N2O3. The average Bonchev–Trinajstić information content (AvgIpc) is 2.60. The number of hydrogen-bond donors (Lipinski definition) is 2.